The molecule has 1 aliphatic rings. The molecular weight excluding hydrogens is 453 g/mol. The monoisotopic (exact) mass is 473 g/mol. The number of nitrogens with zero attached hydrogens (tertiary/aromatic N) is 4. The van der Waals surface area contributed by atoms with E-state index in [9.17, 15) is 14.5 Å². The van der Waals surface area contributed by atoms with Crippen molar-refractivity contribution in [3.63, 3.8) is 0 Å². The predicted molar refractivity (Wildman–Crippen MR) is 131 cm³/mol. The summed E-state index contributed by atoms with van der Waals surface area (Å²) in [5.74, 6) is -0.292. The van der Waals surface area contributed by atoms with E-state index in [4.69, 9.17) is 12.2 Å². The normalized spacial score (nSPS) is 17.6. The van der Waals surface area contributed by atoms with Crippen LogP contribution in [0, 0.1) is 22.9 Å². The Bertz CT molecular complexity index is 1390. The number of rotatable bonds is 5. The highest BCUT2D eigenvalue weighted by atomic mass is 32.1. The number of nitro benzene ring substituents is 1. The first-order chi connectivity index (χ1) is 16.4. The fourth-order valence-electron chi connectivity index (χ4n) is 4.34. The molecule has 4 aromatic rings. The number of anilines is 1. The van der Waals surface area contributed by atoms with Crippen LogP contribution in [-0.4, -0.2) is 19.6 Å². The summed E-state index contributed by atoms with van der Waals surface area (Å²) in [5, 5.41) is 15.2. The van der Waals surface area contributed by atoms with E-state index in [0.29, 0.717) is 16.4 Å². The SMILES string of the molecule is Cc1cc(N2C(=S)N[C@@H](c3ccccn3)[C@H]2c2cccn2-c2cccc([N+](=O)[O-])c2)ccc1F. The molecule has 0 spiro atoms. The lowest BCUT2D eigenvalue weighted by atomic mass is 10.0. The molecule has 34 heavy (non-hydrogen) atoms. The Hall–Kier alpha value is -4.11. The molecule has 0 amide bonds. The molecule has 1 aliphatic heterocycles. The van der Waals surface area contributed by atoms with Crippen LogP contribution in [0.1, 0.15) is 29.0 Å². The highest BCUT2D eigenvalue weighted by molar-refractivity contribution is 7.80. The molecule has 0 radical (unpaired) electrons. The van der Waals surface area contributed by atoms with Crippen molar-refractivity contribution in [3.8, 4) is 5.69 Å². The number of hydrogen-bond acceptors (Lipinski definition) is 4. The molecule has 0 saturated carbocycles. The molecule has 0 unspecified atom stereocenters. The van der Waals surface area contributed by atoms with Crippen LogP contribution in [0.15, 0.2) is 85.2 Å². The molecule has 9 heteroatoms. The highest BCUT2D eigenvalue weighted by Crippen LogP contribution is 2.42. The first-order valence-electron chi connectivity index (χ1n) is 10.6. The molecule has 1 fully saturated rings. The van der Waals surface area contributed by atoms with Crippen LogP contribution in [0.2, 0.25) is 0 Å². The van der Waals surface area contributed by atoms with Crippen LogP contribution in [0.5, 0.6) is 0 Å². The molecule has 2 atom stereocenters. The Morgan fingerprint density at radius 1 is 1.06 bits per heavy atom. The number of nitrogens with one attached hydrogen (secondary N) is 1. The lowest BCUT2D eigenvalue weighted by Gasteiger charge is -2.29. The second-order valence-corrected chi connectivity index (χ2v) is 8.40. The number of benzene rings is 2. The van der Waals surface area contributed by atoms with Gasteiger partial charge >= 0.3 is 0 Å². The molecule has 1 saturated heterocycles. The molecule has 2 aromatic heterocycles. The maximum Gasteiger partial charge on any atom is 0.271 e. The van der Waals surface area contributed by atoms with Crippen LogP contribution in [0.3, 0.4) is 0 Å². The van der Waals surface area contributed by atoms with Crippen molar-refractivity contribution in [1.29, 1.82) is 0 Å². The molecule has 2 aromatic carbocycles. The van der Waals surface area contributed by atoms with Gasteiger partial charge in [0.2, 0.25) is 0 Å². The Balaban J connectivity index is 1.67. The highest BCUT2D eigenvalue weighted by Gasteiger charge is 2.42. The van der Waals surface area contributed by atoms with E-state index < -0.39 is 4.92 Å². The lowest BCUT2D eigenvalue weighted by molar-refractivity contribution is -0.384. The number of thiocarbonyl (C=S) groups is 1. The second-order valence-electron chi connectivity index (χ2n) is 8.01. The standard InChI is InChI=1S/C25H20FN5O2S/c1-16-14-18(10-11-20(16)26)30-24(23(28-25(30)34)21-8-2-3-12-27-21)22-9-5-13-29(22)17-6-4-7-19(15-17)31(32)33/h2-15,23-24H,1H3,(H,28,34)/t23-,24+/m0/s1. The minimum atomic E-state index is -0.413. The number of halogens is 1. The molecular formula is C25H20FN5O2S. The quantitative estimate of drug-likeness (QED) is 0.237. The number of nitro groups is 1. The van der Waals surface area contributed by atoms with Gasteiger partial charge in [-0.1, -0.05) is 12.1 Å². The summed E-state index contributed by atoms with van der Waals surface area (Å²) >= 11 is 5.74. The van der Waals surface area contributed by atoms with Gasteiger partial charge in [-0.25, -0.2) is 4.39 Å². The fraction of sp³-hybridized carbons (Fsp3) is 0.120. The smallest absolute Gasteiger partial charge is 0.271 e. The molecule has 0 bridgehead atoms. The zero-order valence-electron chi connectivity index (χ0n) is 18.1. The van der Waals surface area contributed by atoms with Crippen molar-refractivity contribution >= 4 is 28.7 Å². The summed E-state index contributed by atoms with van der Waals surface area (Å²) in [7, 11) is 0. The molecule has 7 nitrogen and oxygen atoms in total. The van der Waals surface area contributed by atoms with Gasteiger partial charge in [-0.3, -0.25) is 15.1 Å². The minimum absolute atomic E-state index is 0.00418. The maximum absolute atomic E-state index is 14.0. The molecule has 0 aliphatic carbocycles. The van der Waals surface area contributed by atoms with Crippen molar-refractivity contribution in [2.24, 2.45) is 0 Å². The van der Waals surface area contributed by atoms with Gasteiger partial charge in [-0.05, 0) is 73.2 Å². The van der Waals surface area contributed by atoms with E-state index in [1.165, 1.54) is 18.2 Å². The number of hydrogen-bond donors (Lipinski definition) is 1. The van der Waals surface area contributed by atoms with Gasteiger partial charge in [-0.15, -0.1) is 0 Å². The van der Waals surface area contributed by atoms with Crippen LogP contribution in [-0.2, 0) is 0 Å². The summed E-state index contributed by atoms with van der Waals surface area (Å²) < 4.78 is 16.0. The summed E-state index contributed by atoms with van der Waals surface area (Å²) in [6.07, 6.45) is 3.58. The number of pyridine rings is 1. The zero-order valence-corrected chi connectivity index (χ0v) is 18.9. The van der Waals surface area contributed by atoms with Crippen LogP contribution >= 0.6 is 12.2 Å². The summed E-state index contributed by atoms with van der Waals surface area (Å²) in [6.45, 7) is 1.71. The van der Waals surface area contributed by atoms with Crippen LogP contribution in [0.4, 0.5) is 15.8 Å². The average Bonchev–Trinajstić information content (AvgIpc) is 3.46. The Morgan fingerprint density at radius 2 is 1.91 bits per heavy atom. The van der Waals surface area contributed by atoms with Crippen molar-refractivity contribution < 1.29 is 9.31 Å². The summed E-state index contributed by atoms with van der Waals surface area (Å²) in [6, 6.07) is 20.2. The lowest BCUT2D eigenvalue weighted by Crippen LogP contribution is -2.30. The number of non-ortho nitro benzene ring substituents is 1. The van der Waals surface area contributed by atoms with Crippen molar-refractivity contribution in [2.75, 3.05) is 4.90 Å². The van der Waals surface area contributed by atoms with Gasteiger partial charge in [0.25, 0.3) is 5.69 Å². The molecule has 170 valence electrons. The van der Waals surface area contributed by atoms with Gasteiger partial charge < -0.3 is 14.8 Å². The molecule has 5 rings (SSSR count). The Labute approximate surface area is 200 Å². The summed E-state index contributed by atoms with van der Waals surface area (Å²) in [4.78, 5) is 17.4. The predicted octanol–water partition coefficient (Wildman–Crippen LogP) is 5.41. The van der Waals surface area contributed by atoms with Gasteiger partial charge in [-0.2, -0.15) is 0 Å². The third kappa shape index (κ3) is 3.80. The van der Waals surface area contributed by atoms with Crippen molar-refractivity contribution in [1.82, 2.24) is 14.9 Å². The minimum Gasteiger partial charge on any atom is -0.351 e. The van der Waals surface area contributed by atoms with Gasteiger partial charge in [0, 0.05) is 35.9 Å². The van der Waals surface area contributed by atoms with E-state index in [2.05, 4.69) is 10.3 Å². The van der Waals surface area contributed by atoms with Crippen molar-refractivity contribution in [2.45, 2.75) is 19.0 Å². The van der Waals surface area contributed by atoms with Crippen LogP contribution in [0.25, 0.3) is 5.69 Å². The van der Waals surface area contributed by atoms with Crippen molar-refractivity contribution in [3.05, 3.63) is 118 Å². The average molecular weight is 474 g/mol. The third-order valence-electron chi connectivity index (χ3n) is 5.92. The topological polar surface area (TPSA) is 76.2 Å². The van der Waals surface area contributed by atoms with E-state index in [1.54, 1.807) is 31.3 Å². The first-order valence-corrected chi connectivity index (χ1v) is 11.0. The van der Waals surface area contributed by atoms with Gasteiger partial charge in [0.05, 0.1) is 22.3 Å². The van der Waals surface area contributed by atoms with E-state index in [1.807, 2.05) is 52.1 Å². The molecule has 3 heterocycles. The summed E-state index contributed by atoms with van der Waals surface area (Å²) in [5.41, 5.74) is 3.56. The Kier molecular flexibility index (Phi) is 5.54. The third-order valence-corrected chi connectivity index (χ3v) is 6.23. The number of aromatic nitrogens is 2. The Morgan fingerprint density at radius 3 is 2.65 bits per heavy atom. The van der Waals surface area contributed by atoms with Crippen LogP contribution < -0.4 is 10.2 Å². The zero-order chi connectivity index (χ0) is 23.8. The maximum atomic E-state index is 14.0. The fourth-order valence-corrected chi connectivity index (χ4v) is 4.68. The first kappa shape index (κ1) is 21.7. The van der Waals surface area contributed by atoms with Gasteiger partial charge in [0.1, 0.15) is 11.9 Å². The van der Waals surface area contributed by atoms with E-state index in [-0.39, 0.29) is 23.6 Å². The number of aryl methyl sites for hydroxylation is 1. The second kappa shape index (κ2) is 8.68. The van der Waals surface area contributed by atoms with E-state index >= 15 is 0 Å². The van der Waals surface area contributed by atoms with E-state index in [0.717, 1.165) is 17.1 Å². The largest absolute Gasteiger partial charge is 0.351 e. The van der Waals surface area contributed by atoms with Gasteiger partial charge in [0.15, 0.2) is 5.11 Å². The molecule has 1 N–H and O–H groups in total.